The summed E-state index contributed by atoms with van der Waals surface area (Å²) < 4.78 is 0. The number of hydrogen-bond donors (Lipinski definition) is 12. The van der Waals surface area contributed by atoms with Crippen molar-refractivity contribution in [3.63, 3.8) is 0 Å². The molecule has 0 saturated heterocycles. The Morgan fingerprint density at radius 2 is 1.27 bits per heavy atom. The van der Waals surface area contributed by atoms with E-state index in [1.54, 1.807) is 32.0 Å². The number of primary amides is 3. The Morgan fingerprint density at radius 3 is 1.85 bits per heavy atom. The van der Waals surface area contributed by atoms with Crippen molar-refractivity contribution in [1.29, 1.82) is 0 Å². The van der Waals surface area contributed by atoms with Crippen LogP contribution in [0.1, 0.15) is 90.7 Å². The number of hydrogen-bond acceptors (Lipinski definition) is 15. The fraction of sp³-hybridized carbons (Fsp3) is 0.531. The Labute approximate surface area is 430 Å². The number of phenolic OH excluding ortho intramolecular Hbond substituents is 1. The molecule has 0 fully saturated rings. The summed E-state index contributed by atoms with van der Waals surface area (Å²) in [5.74, 6) is -9.55. The van der Waals surface area contributed by atoms with Gasteiger partial charge >= 0.3 is 0 Å². The summed E-state index contributed by atoms with van der Waals surface area (Å²) in [5.41, 5.74) is 22.6. The number of rotatable bonds is 35. The molecule has 73 heavy (non-hydrogen) atoms. The summed E-state index contributed by atoms with van der Waals surface area (Å²) in [6, 6.07) is 6.55. The van der Waals surface area contributed by atoms with Crippen molar-refractivity contribution in [3.05, 3.63) is 65.7 Å². The third-order valence-corrected chi connectivity index (χ3v) is 11.8. The van der Waals surface area contributed by atoms with Crippen molar-refractivity contribution in [3.8, 4) is 5.75 Å². The van der Waals surface area contributed by atoms with Crippen molar-refractivity contribution in [1.82, 2.24) is 42.3 Å². The van der Waals surface area contributed by atoms with Crippen molar-refractivity contribution in [2.75, 3.05) is 25.4 Å². The minimum absolute atomic E-state index is 0.0166. The lowest BCUT2D eigenvalue weighted by atomic mass is 9.89. The molecule has 7 atom stereocenters. The maximum Gasteiger partial charge on any atom is 0.245 e. The van der Waals surface area contributed by atoms with Gasteiger partial charge in [0, 0.05) is 25.8 Å². The number of ketones is 2. The lowest BCUT2D eigenvalue weighted by molar-refractivity contribution is -0.142. The van der Waals surface area contributed by atoms with Crippen LogP contribution in [0.4, 0.5) is 0 Å². The zero-order chi connectivity index (χ0) is 54.8. The molecular formula is C49H73N11O12S. The Morgan fingerprint density at radius 1 is 0.658 bits per heavy atom. The van der Waals surface area contributed by atoms with Gasteiger partial charge in [-0.1, -0.05) is 76.6 Å². The van der Waals surface area contributed by atoms with Crippen LogP contribution in [0.5, 0.6) is 5.75 Å². The quantitative estimate of drug-likeness (QED) is 0.0212. The van der Waals surface area contributed by atoms with Gasteiger partial charge in [-0.25, -0.2) is 10.9 Å². The second-order valence-electron chi connectivity index (χ2n) is 18.1. The highest BCUT2D eigenvalue weighted by Crippen LogP contribution is 2.16. The van der Waals surface area contributed by atoms with E-state index in [0.717, 1.165) is 5.56 Å². The van der Waals surface area contributed by atoms with Crippen LogP contribution in [0.3, 0.4) is 0 Å². The van der Waals surface area contributed by atoms with E-state index in [1.165, 1.54) is 36.1 Å². The highest BCUT2D eigenvalue weighted by atomic mass is 32.1. The molecule has 0 aliphatic rings. The molecule has 2 rings (SSSR count). The third kappa shape index (κ3) is 23.5. The number of nitrogens with one attached hydrogen (secondary N) is 7. The molecule has 0 saturated carbocycles. The molecule has 0 aliphatic heterocycles. The first-order valence-electron chi connectivity index (χ1n) is 24.1. The van der Waals surface area contributed by atoms with Gasteiger partial charge in [0.05, 0.1) is 31.6 Å². The van der Waals surface area contributed by atoms with Gasteiger partial charge in [-0.3, -0.25) is 52.7 Å². The van der Waals surface area contributed by atoms with Crippen LogP contribution < -0.4 is 54.6 Å². The zero-order valence-corrected chi connectivity index (χ0v) is 43.0. The number of nitrogens with two attached hydrogens (primary N) is 3. The normalized spacial score (nSPS) is 13.9. The predicted molar refractivity (Wildman–Crippen MR) is 272 cm³/mol. The number of hydrazine groups is 1. The van der Waals surface area contributed by atoms with E-state index in [-0.39, 0.29) is 56.7 Å². The minimum atomic E-state index is -1.58. The smallest absolute Gasteiger partial charge is 0.245 e. The molecule has 402 valence electrons. The second-order valence-corrected chi connectivity index (χ2v) is 18.6. The van der Waals surface area contributed by atoms with Crippen molar-refractivity contribution in [2.45, 2.75) is 129 Å². The summed E-state index contributed by atoms with van der Waals surface area (Å²) in [4.78, 5) is 146. The van der Waals surface area contributed by atoms with Crippen molar-refractivity contribution in [2.24, 2.45) is 29.0 Å². The molecule has 2 aromatic carbocycles. The fourth-order valence-electron chi connectivity index (χ4n) is 7.27. The maximum absolute atomic E-state index is 14.1. The lowest BCUT2D eigenvalue weighted by Crippen LogP contribution is -2.61. The fourth-order valence-corrected chi connectivity index (χ4v) is 7.43. The van der Waals surface area contributed by atoms with Crippen molar-refractivity contribution >= 4 is 77.4 Å². The summed E-state index contributed by atoms with van der Waals surface area (Å²) in [6.45, 7) is 7.27. The van der Waals surface area contributed by atoms with Crippen LogP contribution in [0, 0.1) is 11.8 Å². The largest absolute Gasteiger partial charge is 0.508 e. The number of amides is 9. The second kappa shape index (κ2) is 32.2. The molecular weight excluding hydrogens is 967 g/mol. The number of carbonyl (C=O) groups is 11. The average molecular weight is 1040 g/mol. The zero-order valence-electron chi connectivity index (χ0n) is 42.1. The molecule has 2 aromatic rings. The molecule has 24 heteroatoms. The Balaban J connectivity index is 2.37. The van der Waals surface area contributed by atoms with Gasteiger partial charge in [-0.05, 0) is 73.5 Å². The highest BCUT2D eigenvalue weighted by Gasteiger charge is 2.37. The van der Waals surface area contributed by atoms with E-state index in [4.69, 9.17) is 17.2 Å². The van der Waals surface area contributed by atoms with E-state index >= 15 is 0 Å². The predicted octanol–water partition coefficient (Wildman–Crippen LogP) is -1.52. The van der Waals surface area contributed by atoms with Crippen molar-refractivity contribution < 1.29 is 57.8 Å². The Kier molecular flexibility index (Phi) is 27.4. The van der Waals surface area contributed by atoms with E-state index in [9.17, 15) is 57.8 Å². The molecule has 0 bridgehead atoms. The van der Waals surface area contributed by atoms with Crippen LogP contribution in [-0.4, -0.2) is 136 Å². The Hall–Kier alpha value is -6.92. The van der Waals surface area contributed by atoms with Gasteiger partial charge in [0.2, 0.25) is 64.7 Å². The van der Waals surface area contributed by atoms with Crippen LogP contribution in [0.15, 0.2) is 54.6 Å². The standard InChI is InChI=1S/C49H73N11O12S/c1-6-29(4)43(45(68)44(67)35(55-41(65)13-10-22-73)24-32-14-16-33(61)17-15-32)57-47(70)34(18-19-38(50)62)58-59-37(25-39(51)63)48(71)54-30(5)49(72)60(21-20-31-11-8-7-9-12-31)27-42(66)56-36(23-28(2)3)46(69)53-26-40(52)64/h7-9,11-12,14-17,28-30,34-37,43,58-59,61,73H,6,10,13,18-27H2,1-5H3,(H2,50,62)(H2,51,63)(H2,52,64)(H,53,69)(H,54,71)(H,55,65)(H,56,66)(H,57,70)/t29-,30-,34-,35-,36-,37-,43?/m0/s1. The molecule has 1 unspecified atom stereocenters. The van der Waals surface area contributed by atoms with Crippen LogP contribution >= 0.6 is 12.6 Å². The number of phenols is 1. The van der Waals surface area contributed by atoms with Gasteiger partial charge in [0.25, 0.3) is 0 Å². The molecule has 0 aromatic heterocycles. The van der Waals surface area contributed by atoms with Crippen LogP contribution in [-0.2, 0) is 65.6 Å². The van der Waals surface area contributed by atoms with Crippen LogP contribution in [0.25, 0.3) is 0 Å². The highest BCUT2D eigenvalue weighted by molar-refractivity contribution is 7.80. The molecule has 9 amide bonds. The SMILES string of the molecule is CC[C@H](C)C(NC(=O)[C@H](CCC(N)=O)NN[C@@H](CC(N)=O)C(=O)N[C@@H](C)C(=O)N(CCc1ccccc1)CC(=O)N[C@@H](CC(C)C)C(=O)NCC(N)=O)C(=O)C(=O)[C@H](Cc1ccc(O)cc1)NC(=O)CCCS. The van der Waals surface area contributed by atoms with Gasteiger partial charge in [-0.2, -0.15) is 12.6 Å². The number of Topliss-reactive ketones (excluding diaryl/α,β-unsaturated/α-hetero) is 2. The lowest BCUT2D eigenvalue weighted by Gasteiger charge is -2.29. The van der Waals surface area contributed by atoms with E-state index in [0.29, 0.717) is 24.2 Å². The summed E-state index contributed by atoms with van der Waals surface area (Å²) in [5, 5.41) is 22.5. The molecule has 23 nitrogen and oxygen atoms in total. The van der Waals surface area contributed by atoms with E-state index in [2.05, 4.69) is 50.1 Å². The first kappa shape index (κ1) is 62.2. The molecule has 0 spiro atoms. The average Bonchev–Trinajstić information content (AvgIpc) is 3.34. The molecule has 0 radical (unpaired) electrons. The minimum Gasteiger partial charge on any atom is -0.508 e. The van der Waals surface area contributed by atoms with Gasteiger partial charge in [0.15, 0.2) is 0 Å². The third-order valence-electron chi connectivity index (χ3n) is 11.5. The number of carbonyl (C=O) groups excluding carboxylic acids is 11. The molecule has 0 aliphatic carbocycles. The van der Waals surface area contributed by atoms with Crippen LogP contribution in [0.2, 0.25) is 0 Å². The van der Waals surface area contributed by atoms with Gasteiger partial charge in [0.1, 0.15) is 29.9 Å². The maximum atomic E-state index is 14.1. The Bertz CT molecular complexity index is 2220. The van der Waals surface area contributed by atoms with Gasteiger partial charge in [-0.15, -0.1) is 0 Å². The number of nitrogens with zero attached hydrogens (tertiary/aromatic N) is 1. The molecule has 14 N–H and O–H groups in total. The number of benzene rings is 2. The number of aromatic hydroxyl groups is 1. The molecule has 0 heterocycles. The van der Waals surface area contributed by atoms with Gasteiger partial charge < -0.3 is 53.8 Å². The van der Waals surface area contributed by atoms with E-state index in [1.807, 2.05) is 26.0 Å². The monoisotopic (exact) mass is 1040 g/mol. The summed E-state index contributed by atoms with van der Waals surface area (Å²) in [7, 11) is 0. The first-order chi connectivity index (χ1) is 34.4. The summed E-state index contributed by atoms with van der Waals surface area (Å²) >= 11 is 4.13. The number of thiol groups is 1. The topological polar surface area (TPSA) is 374 Å². The summed E-state index contributed by atoms with van der Waals surface area (Å²) in [6.07, 6.45) is -0.359. The van der Waals surface area contributed by atoms with E-state index < -0.39 is 126 Å². The first-order valence-corrected chi connectivity index (χ1v) is 24.7.